The van der Waals surface area contributed by atoms with Crippen molar-refractivity contribution in [1.82, 2.24) is 15.1 Å². The van der Waals surface area contributed by atoms with E-state index in [4.69, 9.17) is 4.42 Å². The molecule has 1 aromatic heterocycles. The van der Waals surface area contributed by atoms with E-state index in [9.17, 15) is 9.59 Å². The van der Waals surface area contributed by atoms with Crippen molar-refractivity contribution in [1.29, 1.82) is 0 Å². The van der Waals surface area contributed by atoms with Crippen molar-refractivity contribution in [3.05, 3.63) is 23.2 Å². The topological polar surface area (TPSA) is 65.8 Å². The molecule has 150 valence electrons. The zero-order valence-corrected chi connectivity index (χ0v) is 17.0. The first-order chi connectivity index (χ1) is 12.5. The minimum absolute atomic E-state index is 0. The third kappa shape index (κ3) is 4.32. The van der Waals surface area contributed by atoms with Crippen LogP contribution in [0.1, 0.15) is 54.0 Å². The van der Waals surface area contributed by atoms with E-state index in [1.165, 1.54) is 12.8 Å². The molecule has 0 saturated carbocycles. The van der Waals surface area contributed by atoms with Gasteiger partial charge in [0.2, 0.25) is 5.91 Å². The molecule has 6 nitrogen and oxygen atoms in total. The number of piperazine rings is 1. The Hall–Kier alpha value is -1.53. The quantitative estimate of drug-likeness (QED) is 0.854. The summed E-state index contributed by atoms with van der Waals surface area (Å²) >= 11 is 0. The SMILES string of the molecule is Cc1cc(C(=O)N2CCN(C(=O)CC3CC4CCC(C3)N4)CC2)c(C)o1.Cl. The highest BCUT2D eigenvalue weighted by atomic mass is 35.5. The second-order valence-corrected chi connectivity index (χ2v) is 8.18. The Morgan fingerprint density at radius 1 is 1.07 bits per heavy atom. The maximum Gasteiger partial charge on any atom is 0.257 e. The second kappa shape index (κ2) is 8.23. The average molecular weight is 396 g/mol. The summed E-state index contributed by atoms with van der Waals surface area (Å²) in [5.41, 5.74) is 0.646. The summed E-state index contributed by atoms with van der Waals surface area (Å²) in [6, 6.07) is 3.06. The van der Waals surface area contributed by atoms with Crippen molar-refractivity contribution in [2.24, 2.45) is 5.92 Å². The van der Waals surface area contributed by atoms with Gasteiger partial charge in [0.05, 0.1) is 5.56 Å². The van der Waals surface area contributed by atoms with Crippen molar-refractivity contribution < 1.29 is 14.0 Å². The molecular weight excluding hydrogens is 366 g/mol. The monoisotopic (exact) mass is 395 g/mol. The van der Waals surface area contributed by atoms with E-state index in [-0.39, 0.29) is 24.2 Å². The molecule has 2 amide bonds. The maximum atomic E-state index is 12.7. The number of nitrogens with zero attached hydrogens (tertiary/aromatic N) is 2. The van der Waals surface area contributed by atoms with E-state index in [0.29, 0.717) is 61.9 Å². The molecule has 1 aromatic rings. The molecule has 0 aromatic carbocycles. The van der Waals surface area contributed by atoms with Crippen LogP contribution in [-0.2, 0) is 4.79 Å². The third-order valence-corrected chi connectivity index (χ3v) is 6.22. The first kappa shape index (κ1) is 20.2. The van der Waals surface area contributed by atoms with Gasteiger partial charge in [0.15, 0.2) is 0 Å². The van der Waals surface area contributed by atoms with Gasteiger partial charge in [-0.05, 0) is 51.5 Å². The predicted octanol–water partition coefficient (Wildman–Crippen LogP) is 2.52. The van der Waals surface area contributed by atoms with Crippen LogP contribution in [-0.4, -0.2) is 59.9 Å². The highest BCUT2D eigenvalue weighted by Crippen LogP contribution is 2.33. The lowest BCUT2D eigenvalue weighted by Crippen LogP contribution is -2.51. The number of carbonyl (C=O) groups is 2. The number of rotatable bonds is 3. The highest BCUT2D eigenvalue weighted by Gasteiger charge is 2.35. The van der Waals surface area contributed by atoms with Crippen LogP contribution in [0.3, 0.4) is 0 Å². The Balaban J connectivity index is 0.00000210. The molecule has 0 radical (unpaired) electrons. The Labute approximate surface area is 167 Å². The number of halogens is 1. The summed E-state index contributed by atoms with van der Waals surface area (Å²) in [5, 5.41) is 3.64. The van der Waals surface area contributed by atoms with Crippen LogP contribution in [0.5, 0.6) is 0 Å². The van der Waals surface area contributed by atoms with Gasteiger partial charge in [-0.3, -0.25) is 9.59 Å². The van der Waals surface area contributed by atoms with Gasteiger partial charge in [0.25, 0.3) is 5.91 Å². The number of fused-ring (bicyclic) bond motifs is 2. The van der Waals surface area contributed by atoms with Gasteiger partial charge >= 0.3 is 0 Å². The molecule has 4 rings (SSSR count). The Morgan fingerprint density at radius 2 is 1.67 bits per heavy atom. The number of hydrogen-bond donors (Lipinski definition) is 1. The van der Waals surface area contributed by atoms with Crippen molar-refractivity contribution in [3.63, 3.8) is 0 Å². The van der Waals surface area contributed by atoms with Crippen LogP contribution in [0.15, 0.2) is 10.5 Å². The molecule has 2 atom stereocenters. The van der Waals surface area contributed by atoms with Crippen LogP contribution in [0.4, 0.5) is 0 Å². The molecule has 2 bridgehead atoms. The first-order valence-corrected chi connectivity index (χ1v) is 9.89. The van der Waals surface area contributed by atoms with Crippen molar-refractivity contribution >= 4 is 24.2 Å². The van der Waals surface area contributed by atoms with E-state index in [0.717, 1.165) is 18.6 Å². The van der Waals surface area contributed by atoms with Crippen LogP contribution in [0.25, 0.3) is 0 Å². The van der Waals surface area contributed by atoms with E-state index in [1.807, 2.05) is 23.6 Å². The van der Waals surface area contributed by atoms with Gasteiger partial charge in [-0.25, -0.2) is 0 Å². The lowest BCUT2D eigenvalue weighted by molar-refractivity contribution is -0.134. The number of piperidine rings is 1. The molecule has 0 aliphatic carbocycles. The lowest BCUT2D eigenvalue weighted by Gasteiger charge is -2.36. The molecule has 3 aliphatic heterocycles. The lowest BCUT2D eigenvalue weighted by atomic mass is 9.89. The van der Waals surface area contributed by atoms with Gasteiger partial charge < -0.3 is 19.5 Å². The van der Waals surface area contributed by atoms with Gasteiger partial charge in [-0.15, -0.1) is 12.4 Å². The fourth-order valence-electron chi connectivity index (χ4n) is 4.89. The molecule has 3 aliphatic rings. The first-order valence-electron chi connectivity index (χ1n) is 9.89. The number of hydrogen-bond acceptors (Lipinski definition) is 4. The molecular formula is C20H30ClN3O3. The van der Waals surface area contributed by atoms with E-state index in [1.54, 1.807) is 6.07 Å². The fourth-order valence-corrected chi connectivity index (χ4v) is 4.89. The Morgan fingerprint density at radius 3 is 2.22 bits per heavy atom. The van der Waals surface area contributed by atoms with Gasteiger partial charge in [-0.2, -0.15) is 0 Å². The summed E-state index contributed by atoms with van der Waals surface area (Å²) in [7, 11) is 0. The standard InChI is InChI=1S/C20H29N3O3.ClH/c1-13-9-18(14(2)26-13)20(25)23-7-5-22(6-8-23)19(24)12-15-10-16-3-4-17(11-15)21-16;/h9,15-17,21H,3-8,10-12H2,1-2H3;1H. The molecule has 1 N–H and O–H groups in total. The van der Waals surface area contributed by atoms with Crippen molar-refractivity contribution in [3.8, 4) is 0 Å². The molecule has 7 heteroatoms. The normalized spacial score (nSPS) is 27.4. The summed E-state index contributed by atoms with van der Waals surface area (Å²) in [6.45, 7) is 6.16. The zero-order valence-electron chi connectivity index (χ0n) is 16.2. The molecule has 3 fully saturated rings. The van der Waals surface area contributed by atoms with Crippen LogP contribution in [0, 0.1) is 19.8 Å². The summed E-state index contributed by atoms with van der Waals surface area (Å²) in [4.78, 5) is 29.1. The highest BCUT2D eigenvalue weighted by molar-refractivity contribution is 5.95. The van der Waals surface area contributed by atoms with Crippen LogP contribution in [0.2, 0.25) is 0 Å². The van der Waals surface area contributed by atoms with Crippen molar-refractivity contribution in [2.75, 3.05) is 26.2 Å². The summed E-state index contributed by atoms with van der Waals surface area (Å²) < 4.78 is 5.48. The van der Waals surface area contributed by atoms with Gasteiger partial charge in [-0.1, -0.05) is 0 Å². The zero-order chi connectivity index (χ0) is 18.3. The molecule has 4 heterocycles. The average Bonchev–Trinajstić information content (AvgIpc) is 3.15. The molecule has 27 heavy (non-hydrogen) atoms. The third-order valence-electron chi connectivity index (χ3n) is 6.22. The summed E-state index contributed by atoms with van der Waals surface area (Å²) in [5.74, 6) is 2.24. The second-order valence-electron chi connectivity index (χ2n) is 8.18. The van der Waals surface area contributed by atoms with E-state index < -0.39 is 0 Å². The van der Waals surface area contributed by atoms with Crippen LogP contribution >= 0.6 is 12.4 Å². The van der Waals surface area contributed by atoms with E-state index in [2.05, 4.69) is 5.32 Å². The van der Waals surface area contributed by atoms with E-state index >= 15 is 0 Å². The smallest absolute Gasteiger partial charge is 0.257 e. The van der Waals surface area contributed by atoms with Crippen molar-refractivity contribution in [2.45, 2.75) is 58.0 Å². The van der Waals surface area contributed by atoms with Gasteiger partial charge in [0, 0.05) is 44.7 Å². The molecule has 2 unspecified atom stereocenters. The minimum atomic E-state index is 0. The minimum Gasteiger partial charge on any atom is -0.466 e. The fraction of sp³-hybridized carbons (Fsp3) is 0.700. The molecule has 0 spiro atoms. The predicted molar refractivity (Wildman–Crippen MR) is 105 cm³/mol. The van der Waals surface area contributed by atoms with Crippen LogP contribution < -0.4 is 5.32 Å². The Kier molecular flexibility index (Phi) is 6.16. The summed E-state index contributed by atoms with van der Waals surface area (Å²) in [6.07, 6.45) is 5.48. The number of aryl methyl sites for hydroxylation is 2. The largest absolute Gasteiger partial charge is 0.466 e. The van der Waals surface area contributed by atoms with Gasteiger partial charge in [0.1, 0.15) is 11.5 Å². The number of carbonyl (C=O) groups excluding carboxylic acids is 2. The number of nitrogens with one attached hydrogen (secondary N) is 1. The number of amides is 2. The number of furan rings is 1. The Bertz CT molecular complexity index is 685. The molecule has 3 saturated heterocycles. The maximum absolute atomic E-state index is 12.7.